The molecule has 6 heteroatoms. The van der Waals surface area contributed by atoms with Crippen molar-refractivity contribution in [1.82, 2.24) is 9.80 Å². The molecule has 0 bridgehead atoms. The molecule has 0 aliphatic carbocycles. The first-order valence-corrected chi connectivity index (χ1v) is 8.95. The maximum absolute atomic E-state index is 4.71. The Morgan fingerprint density at radius 3 is 1.35 bits per heavy atom. The van der Waals surface area contributed by atoms with Crippen molar-refractivity contribution in [3.05, 3.63) is 0 Å². The molecule has 0 aromatic carbocycles. The topological polar surface area (TPSA) is 31.2 Å². The zero-order chi connectivity index (χ0) is 14.4. The van der Waals surface area contributed by atoms with Gasteiger partial charge in [-0.15, -0.1) is 0 Å². The van der Waals surface area contributed by atoms with Gasteiger partial charge < -0.3 is 9.80 Å². The van der Waals surface area contributed by atoms with Crippen LogP contribution >= 0.6 is 23.5 Å². The minimum Gasteiger partial charge on any atom is -0.348 e. The monoisotopic (exact) mass is 312 g/mol. The summed E-state index contributed by atoms with van der Waals surface area (Å²) < 4.78 is 0.559. The number of amidine groups is 2. The normalized spacial score (nSPS) is 28.6. The van der Waals surface area contributed by atoms with E-state index in [-0.39, 0.29) is 9.49 Å². The van der Waals surface area contributed by atoms with Crippen LogP contribution in [0.2, 0.25) is 0 Å². The lowest BCUT2D eigenvalue weighted by Gasteiger charge is -2.37. The van der Waals surface area contributed by atoms with Gasteiger partial charge in [0.15, 0.2) is 10.3 Å². The van der Waals surface area contributed by atoms with Crippen LogP contribution in [0.25, 0.3) is 0 Å². The van der Waals surface area contributed by atoms with E-state index >= 15 is 0 Å². The Morgan fingerprint density at radius 2 is 1.10 bits per heavy atom. The second kappa shape index (κ2) is 5.13. The molecule has 4 nitrogen and oxygen atoms in total. The van der Waals surface area contributed by atoms with Crippen molar-refractivity contribution >= 4 is 33.9 Å². The van der Waals surface area contributed by atoms with Crippen molar-refractivity contribution < 1.29 is 0 Å². The highest BCUT2D eigenvalue weighted by Crippen LogP contribution is 2.35. The summed E-state index contributed by atoms with van der Waals surface area (Å²) >= 11 is 3.86. The molecular weight excluding hydrogens is 288 g/mol. The van der Waals surface area contributed by atoms with E-state index in [0.29, 0.717) is 0 Å². The van der Waals surface area contributed by atoms with E-state index in [9.17, 15) is 0 Å². The molecular formula is C14H24N4S2. The lowest BCUT2D eigenvalue weighted by Crippen LogP contribution is -2.49. The summed E-state index contributed by atoms with van der Waals surface area (Å²) in [7, 11) is 0. The Balaban J connectivity index is 1.53. The number of aliphatic imine (C=N–C) groups is 2. The Kier molecular flexibility index (Phi) is 3.73. The van der Waals surface area contributed by atoms with Crippen molar-refractivity contribution in [2.24, 2.45) is 9.98 Å². The van der Waals surface area contributed by atoms with Crippen molar-refractivity contribution in [2.45, 2.75) is 37.2 Å². The van der Waals surface area contributed by atoms with E-state index in [0.717, 1.165) is 39.3 Å². The lowest BCUT2D eigenvalue weighted by molar-refractivity contribution is 0.265. The van der Waals surface area contributed by atoms with E-state index in [1.54, 1.807) is 0 Å². The molecule has 0 spiro atoms. The van der Waals surface area contributed by atoms with Gasteiger partial charge in [-0.2, -0.15) is 0 Å². The highest BCUT2D eigenvalue weighted by atomic mass is 32.2. The summed E-state index contributed by atoms with van der Waals surface area (Å²) in [5.41, 5.74) is 0. The van der Waals surface area contributed by atoms with Crippen molar-refractivity contribution in [2.75, 3.05) is 39.3 Å². The smallest absolute Gasteiger partial charge is 0.159 e. The molecule has 112 valence electrons. The van der Waals surface area contributed by atoms with Gasteiger partial charge in [0.2, 0.25) is 0 Å². The molecule has 3 heterocycles. The van der Waals surface area contributed by atoms with Gasteiger partial charge in [0.1, 0.15) is 0 Å². The third-order valence-electron chi connectivity index (χ3n) is 3.75. The predicted molar refractivity (Wildman–Crippen MR) is 91.1 cm³/mol. The number of thioether (sulfide) groups is 2. The summed E-state index contributed by atoms with van der Waals surface area (Å²) in [5, 5.41) is 2.49. The van der Waals surface area contributed by atoms with E-state index in [4.69, 9.17) is 9.98 Å². The third-order valence-corrected chi connectivity index (χ3v) is 6.25. The molecule has 1 saturated heterocycles. The Bertz CT molecular complexity index is 406. The van der Waals surface area contributed by atoms with Crippen molar-refractivity contribution in [1.29, 1.82) is 0 Å². The summed E-state index contributed by atoms with van der Waals surface area (Å²) in [6.07, 6.45) is 0. The van der Waals surface area contributed by atoms with Crippen LogP contribution in [0.5, 0.6) is 0 Å². The highest BCUT2D eigenvalue weighted by molar-refractivity contribution is 8.15. The lowest BCUT2D eigenvalue weighted by atomic mass is 10.2. The number of piperazine rings is 1. The zero-order valence-electron chi connectivity index (χ0n) is 12.8. The zero-order valence-corrected chi connectivity index (χ0v) is 14.5. The van der Waals surface area contributed by atoms with Crippen LogP contribution in [0, 0.1) is 0 Å². The SMILES string of the molecule is CC1(C)CN=C(N2CCN(C3=NCC(C)(C)S3)CC2)S1. The van der Waals surface area contributed by atoms with Gasteiger partial charge in [-0.05, 0) is 27.7 Å². The van der Waals surface area contributed by atoms with Gasteiger partial charge in [0.25, 0.3) is 0 Å². The van der Waals surface area contributed by atoms with Crippen LogP contribution in [0.15, 0.2) is 9.98 Å². The average Bonchev–Trinajstić information content (AvgIpc) is 2.92. The molecule has 0 radical (unpaired) electrons. The van der Waals surface area contributed by atoms with E-state index < -0.39 is 0 Å². The van der Waals surface area contributed by atoms with Crippen LogP contribution < -0.4 is 0 Å². The minimum atomic E-state index is 0.280. The molecule has 0 unspecified atom stereocenters. The number of rotatable bonds is 0. The number of hydrogen-bond acceptors (Lipinski definition) is 6. The molecule has 3 aliphatic heterocycles. The Hall–Kier alpha value is -0.360. The Labute approximate surface area is 130 Å². The second-order valence-corrected chi connectivity index (χ2v) is 10.2. The van der Waals surface area contributed by atoms with Gasteiger partial charge in [-0.25, -0.2) is 0 Å². The molecule has 20 heavy (non-hydrogen) atoms. The summed E-state index contributed by atoms with van der Waals surface area (Å²) in [5.74, 6) is 0. The van der Waals surface area contributed by atoms with Crippen LogP contribution in [-0.2, 0) is 0 Å². The summed E-state index contributed by atoms with van der Waals surface area (Å²) in [6.45, 7) is 15.3. The largest absolute Gasteiger partial charge is 0.348 e. The molecule has 0 amide bonds. The first kappa shape index (κ1) is 14.6. The molecule has 0 saturated carbocycles. The number of nitrogens with zero attached hydrogens (tertiary/aromatic N) is 4. The third kappa shape index (κ3) is 3.11. The minimum absolute atomic E-state index is 0.280. The van der Waals surface area contributed by atoms with Gasteiger partial charge in [-0.3, -0.25) is 9.98 Å². The summed E-state index contributed by atoms with van der Waals surface area (Å²) in [6, 6.07) is 0. The van der Waals surface area contributed by atoms with Crippen LogP contribution in [0.1, 0.15) is 27.7 Å². The van der Waals surface area contributed by atoms with Crippen LogP contribution in [-0.4, -0.2) is 68.9 Å². The van der Waals surface area contributed by atoms with Crippen molar-refractivity contribution in [3.8, 4) is 0 Å². The first-order chi connectivity index (χ1) is 9.35. The molecule has 3 aliphatic rings. The average molecular weight is 313 g/mol. The van der Waals surface area contributed by atoms with E-state index in [1.807, 2.05) is 23.5 Å². The second-order valence-electron chi connectivity index (χ2n) is 6.90. The fourth-order valence-corrected chi connectivity index (χ4v) is 4.69. The first-order valence-electron chi connectivity index (χ1n) is 7.32. The molecule has 3 rings (SSSR count). The maximum Gasteiger partial charge on any atom is 0.159 e. The molecule has 0 atom stereocenters. The van der Waals surface area contributed by atoms with Gasteiger partial charge in [0.05, 0.1) is 13.1 Å². The predicted octanol–water partition coefficient (Wildman–Crippen LogP) is 2.37. The van der Waals surface area contributed by atoms with Crippen molar-refractivity contribution in [3.63, 3.8) is 0 Å². The van der Waals surface area contributed by atoms with E-state index in [1.165, 1.54) is 10.3 Å². The summed E-state index contributed by atoms with van der Waals surface area (Å²) in [4.78, 5) is 14.3. The molecule has 1 fully saturated rings. The molecule has 0 aromatic heterocycles. The van der Waals surface area contributed by atoms with Crippen LogP contribution in [0.4, 0.5) is 0 Å². The standard InChI is InChI=1S/C14H24N4S2/c1-13(2)9-15-11(19-13)17-5-7-18(8-6-17)12-16-10-14(3,4)20-12/h5-10H2,1-4H3. The van der Waals surface area contributed by atoms with Gasteiger partial charge in [0, 0.05) is 35.7 Å². The van der Waals surface area contributed by atoms with Crippen LogP contribution in [0.3, 0.4) is 0 Å². The van der Waals surface area contributed by atoms with E-state index in [2.05, 4.69) is 37.5 Å². The fraction of sp³-hybridized carbons (Fsp3) is 0.857. The maximum atomic E-state index is 4.71. The Morgan fingerprint density at radius 1 is 0.750 bits per heavy atom. The quantitative estimate of drug-likeness (QED) is 0.687. The molecule has 0 N–H and O–H groups in total. The fourth-order valence-electron chi connectivity index (χ4n) is 2.56. The van der Waals surface area contributed by atoms with Gasteiger partial charge >= 0.3 is 0 Å². The molecule has 0 aromatic rings. The van der Waals surface area contributed by atoms with Gasteiger partial charge in [-0.1, -0.05) is 23.5 Å². The number of hydrogen-bond donors (Lipinski definition) is 0. The highest BCUT2D eigenvalue weighted by Gasteiger charge is 2.34.